The lowest BCUT2D eigenvalue weighted by atomic mass is 9.92. The molecule has 14 heavy (non-hydrogen) atoms. The van der Waals surface area contributed by atoms with Crippen molar-refractivity contribution in [2.45, 2.75) is 12.8 Å². The molecule has 2 rings (SSSR count). The van der Waals surface area contributed by atoms with Crippen LogP contribution in [0.25, 0.3) is 6.08 Å². The van der Waals surface area contributed by atoms with Crippen molar-refractivity contribution in [1.82, 2.24) is 0 Å². The first-order valence-electron chi connectivity index (χ1n) is 4.39. The molecule has 0 bridgehead atoms. The van der Waals surface area contributed by atoms with Gasteiger partial charge in [0.15, 0.2) is 0 Å². The molecule has 3 heteroatoms. The van der Waals surface area contributed by atoms with Crippen molar-refractivity contribution in [1.29, 1.82) is 0 Å². The zero-order chi connectivity index (χ0) is 10.1. The van der Waals surface area contributed by atoms with E-state index in [-0.39, 0.29) is 5.82 Å². The molecule has 0 heterocycles. The van der Waals surface area contributed by atoms with Crippen LogP contribution in [0.15, 0.2) is 23.8 Å². The highest BCUT2D eigenvalue weighted by Crippen LogP contribution is 2.24. The Balaban J connectivity index is 2.45. The van der Waals surface area contributed by atoms with Crippen molar-refractivity contribution >= 4 is 12.0 Å². The molecular formula is C11H9FO2. The average Bonchev–Trinajstić information content (AvgIpc) is 2.16. The van der Waals surface area contributed by atoms with Gasteiger partial charge in [0.1, 0.15) is 5.82 Å². The zero-order valence-corrected chi connectivity index (χ0v) is 7.46. The Morgan fingerprint density at radius 1 is 1.36 bits per heavy atom. The van der Waals surface area contributed by atoms with Crippen LogP contribution in [0.3, 0.4) is 0 Å². The Hall–Kier alpha value is -1.64. The van der Waals surface area contributed by atoms with E-state index in [1.165, 1.54) is 12.1 Å². The summed E-state index contributed by atoms with van der Waals surface area (Å²) in [5.41, 5.74) is 2.09. The Morgan fingerprint density at radius 3 is 2.86 bits per heavy atom. The number of aliphatic carboxylic acids is 1. The molecule has 0 aliphatic heterocycles. The number of rotatable bonds is 1. The molecule has 1 aromatic rings. The summed E-state index contributed by atoms with van der Waals surface area (Å²) in [6.07, 6.45) is 2.69. The summed E-state index contributed by atoms with van der Waals surface area (Å²) >= 11 is 0. The van der Waals surface area contributed by atoms with Gasteiger partial charge in [-0.05, 0) is 42.2 Å². The molecule has 0 saturated carbocycles. The summed E-state index contributed by atoms with van der Waals surface area (Å²) in [6.45, 7) is 0. The van der Waals surface area contributed by atoms with Crippen LogP contribution in [0, 0.1) is 5.82 Å². The molecule has 0 unspecified atom stereocenters. The van der Waals surface area contributed by atoms with Crippen molar-refractivity contribution < 1.29 is 14.3 Å². The second kappa shape index (κ2) is 3.25. The number of benzene rings is 1. The normalized spacial score (nSPS) is 14.5. The summed E-state index contributed by atoms with van der Waals surface area (Å²) in [6, 6.07) is 4.43. The van der Waals surface area contributed by atoms with Crippen LogP contribution in [-0.2, 0) is 11.2 Å². The van der Waals surface area contributed by atoms with E-state index in [1.807, 2.05) is 0 Å². The number of carbonyl (C=O) groups is 1. The summed E-state index contributed by atoms with van der Waals surface area (Å²) in [5.74, 6) is -1.16. The smallest absolute Gasteiger partial charge is 0.331 e. The summed E-state index contributed by atoms with van der Waals surface area (Å²) in [4.78, 5) is 10.7. The highest BCUT2D eigenvalue weighted by Gasteiger charge is 2.15. The van der Waals surface area contributed by atoms with Gasteiger partial charge in [0.05, 0.1) is 0 Å². The minimum Gasteiger partial charge on any atom is -0.478 e. The molecule has 1 N–H and O–H groups in total. The van der Waals surface area contributed by atoms with Crippen molar-refractivity contribution in [3.8, 4) is 0 Å². The highest BCUT2D eigenvalue weighted by atomic mass is 19.1. The van der Waals surface area contributed by atoms with Crippen LogP contribution in [-0.4, -0.2) is 11.1 Å². The standard InChI is InChI=1S/C11H9FO2/c12-10-4-3-7-5-9(11(13)14)2-1-8(7)6-10/h3-6H,1-2H2,(H,13,14). The molecule has 1 aromatic carbocycles. The summed E-state index contributed by atoms with van der Waals surface area (Å²) in [7, 11) is 0. The molecule has 0 aromatic heterocycles. The van der Waals surface area contributed by atoms with E-state index >= 15 is 0 Å². The number of carboxylic acid groups (broad SMARTS) is 1. The van der Waals surface area contributed by atoms with E-state index in [1.54, 1.807) is 12.1 Å². The third kappa shape index (κ3) is 1.53. The highest BCUT2D eigenvalue weighted by molar-refractivity contribution is 5.93. The maximum atomic E-state index is 12.8. The van der Waals surface area contributed by atoms with E-state index < -0.39 is 5.97 Å². The molecular weight excluding hydrogens is 183 g/mol. The maximum absolute atomic E-state index is 12.8. The zero-order valence-electron chi connectivity index (χ0n) is 7.46. The molecule has 0 amide bonds. The Labute approximate surface area is 80.7 Å². The first-order chi connectivity index (χ1) is 6.66. The van der Waals surface area contributed by atoms with Crippen LogP contribution in [0.1, 0.15) is 17.5 Å². The van der Waals surface area contributed by atoms with Gasteiger partial charge in [-0.25, -0.2) is 9.18 Å². The van der Waals surface area contributed by atoms with Crippen LogP contribution in [0.2, 0.25) is 0 Å². The van der Waals surface area contributed by atoms with Crippen molar-refractivity contribution in [2.24, 2.45) is 0 Å². The van der Waals surface area contributed by atoms with Crippen LogP contribution < -0.4 is 0 Å². The number of halogens is 1. The molecule has 72 valence electrons. The Kier molecular flexibility index (Phi) is 2.08. The number of fused-ring (bicyclic) bond motifs is 1. The molecule has 0 saturated heterocycles. The SMILES string of the molecule is O=C(O)C1=Cc2ccc(F)cc2CC1. The van der Waals surface area contributed by atoms with Crippen molar-refractivity contribution in [3.05, 3.63) is 40.7 Å². The fourth-order valence-electron chi connectivity index (χ4n) is 1.63. The first kappa shape index (κ1) is 8.94. The molecule has 0 fully saturated rings. The topological polar surface area (TPSA) is 37.3 Å². The van der Waals surface area contributed by atoms with Crippen molar-refractivity contribution in [3.63, 3.8) is 0 Å². The van der Waals surface area contributed by atoms with Gasteiger partial charge in [-0.15, -0.1) is 0 Å². The number of carboxylic acids is 1. The summed E-state index contributed by atoms with van der Waals surface area (Å²) < 4.78 is 12.8. The van der Waals surface area contributed by atoms with Gasteiger partial charge in [0, 0.05) is 5.57 Å². The van der Waals surface area contributed by atoms with Crippen LogP contribution >= 0.6 is 0 Å². The molecule has 0 atom stereocenters. The molecule has 0 spiro atoms. The molecule has 1 aliphatic carbocycles. The third-order valence-corrected chi connectivity index (χ3v) is 2.37. The van der Waals surface area contributed by atoms with Crippen LogP contribution in [0.4, 0.5) is 4.39 Å². The number of hydrogen-bond acceptors (Lipinski definition) is 1. The molecule has 1 aliphatic rings. The van der Waals surface area contributed by atoms with Gasteiger partial charge in [-0.1, -0.05) is 6.07 Å². The van der Waals surface area contributed by atoms with Crippen LogP contribution in [0.5, 0.6) is 0 Å². The van der Waals surface area contributed by atoms with Gasteiger partial charge in [-0.2, -0.15) is 0 Å². The largest absolute Gasteiger partial charge is 0.478 e. The Morgan fingerprint density at radius 2 is 2.14 bits per heavy atom. The summed E-state index contributed by atoms with van der Waals surface area (Å²) in [5, 5.41) is 8.78. The van der Waals surface area contributed by atoms with E-state index in [0.717, 1.165) is 11.1 Å². The molecule has 0 radical (unpaired) electrons. The lowest BCUT2D eigenvalue weighted by Gasteiger charge is -2.13. The predicted octanol–water partition coefficient (Wildman–Crippen LogP) is 2.24. The second-order valence-corrected chi connectivity index (χ2v) is 3.32. The van der Waals surface area contributed by atoms with E-state index in [4.69, 9.17) is 5.11 Å². The van der Waals surface area contributed by atoms with E-state index in [9.17, 15) is 9.18 Å². The van der Waals surface area contributed by atoms with Crippen molar-refractivity contribution in [2.75, 3.05) is 0 Å². The lowest BCUT2D eigenvalue weighted by molar-refractivity contribution is -0.132. The van der Waals surface area contributed by atoms with Gasteiger partial charge >= 0.3 is 5.97 Å². The quantitative estimate of drug-likeness (QED) is 0.740. The Bertz CT molecular complexity index is 421. The second-order valence-electron chi connectivity index (χ2n) is 3.32. The third-order valence-electron chi connectivity index (χ3n) is 2.37. The van der Waals surface area contributed by atoms with Gasteiger partial charge < -0.3 is 5.11 Å². The van der Waals surface area contributed by atoms with Gasteiger partial charge in [0.25, 0.3) is 0 Å². The lowest BCUT2D eigenvalue weighted by Crippen LogP contribution is -2.07. The van der Waals surface area contributed by atoms with Gasteiger partial charge in [-0.3, -0.25) is 0 Å². The minimum atomic E-state index is -0.889. The fourth-order valence-corrected chi connectivity index (χ4v) is 1.63. The van der Waals surface area contributed by atoms with E-state index in [0.29, 0.717) is 18.4 Å². The number of aryl methyl sites for hydroxylation is 1. The number of hydrogen-bond donors (Lipinski definition) is 1. The fraction of sp³-hybridized carbons (Fsp3) is 0.182. The molecule has 2 nitrogen and oxygen atoms in total. The first-order valence-corrected chi connectivity index (χ1v) is 4.39. The monoisotopic (exact) mass is 192 g/mol. The van der Waals surface area contributed by atoms with Gasteiger partial charge in [0.2, 0.25) is 0 Å². The predicted molar refractivity (Wildman–Crippen MR) is 50.3 cm³/mol. The average molecular weight is 192 g/mol. The minimum absolute atomic E-state index is 0.268. The maximum Gasteiger partial charge on any atom is 0.331 e. The van der Waals surface area contributed by atoms with E-state index in [2.05, 4.69) is 0 Å².